The van der Waals surface area contributed by atoms with Gasteiger partial charge in [0.15, 0.2) is 0 Å². The maximum Gasteiger partial charge on any atom is 0.129 e. The zero-order valence-electron chi connectivity index (χ0n) is 7.74. The quantitative estimate of drug-likeness (QED) is 0.846. The van der Waals surface area contributed by atoms with E-state index in [2.05, 4.69) is 9.97 Å². The number of hydrogen-bond donors (Lipinski definition) is 1. The predicted molar refractivity (Wildman–Crippen MR) is 64.0 cm³/mol. The third kappa shape index (κ3) is 2.41. The number of H-pyrrole nitrogens is 1. The van der Waals surface area contributed by atoms with E-state index in [-0.39, 0.29) is 0 Å². The highest BCUT2D eigenvalue weighted by atomic mass is 35.5. The van der Waals surface area contributed by atoms with Gasteiger partial charge in [-0.05, 0) is 24.3 Å². The average molecular weight is 239 g/mol. The molecule has 2 nitrogen and oxygen atoms in total. The lowest BCUT2D eigenvalue weighted by molar-refractivity contribution is 1.27. The van der Waals surface area contributed by atoms with Crippen LogP contribution in [0.2, 0.25) is 10.0 Å². The summed E-state index contributed by atoms with van der Waals surface area (Å²) in [7, 11) is 0. The van der Waals surface area contributed by atoms with Gasteiger partial charge in [0.05, 0.1) is 0 Å². The Hall–Kier alpha value is -1.25. The molecule has 4 heteroatoms. The first-order valence-corrected chi connectivity index (χ1v) is 5.14. The first-order chi connectivity index (χ1) is 7.27. The highest BCUT2D eigenvalue weighted by molar-refractivity contribution is 6.37. The summed E-state index contributed by atoms with van der Waals surface area (Å²) in [6, 6.07) is 5.42. The Morgan fingerprint density at radius 1 is 1.13 bits per heavy atom. The smallest absolute Gasteiger partial charge is 0.129 e. The van der Waals surface area contributed by atoms with E-state index in [4.69, 9.17) is 23.2 Å². The molecule has 0 spiro atoms. The third-order valence-electron chi connectivity index (χ3n) is 1.93. The van der Waals surface area contributed by atoms with Crippen LogP contribution in [0, 0.1) is 0 Å². The maximum absolute atomic E-state index is 6.00. The summed E-state index contributed by atoms with van der Waals surface area (Å²) in [5, 5.41) is 1.26. The molecule has 1 N–H and O–H groups in total. The molecule has 0 aliphatic carbocycles. The van der Waals surface area contributed by atoms with Crippen molar-refractivity contribution in [2.75, 3.05) is 0 Å². The van der Waals surface area contributed by atoms with E-state index >= 15 is 0 Å². The summed E-state index contributed by atoms with van der Waals surface area (Å²) < 4.78 is 0. The van der Waals surface area contributed by atoms with E-state index in [0.29, 0.717) is 10.0 Å². The Morgan fingerprint density at radius 2 is 1.87 bits per heavy atom. The first kappa shape index (κ1) is 10.3. The normalized spacial score (nSPS) is 11.1. The van der Waals surface area contributed by atoms with Crippen LogP contribution in [0.4, 0.5) is 0 Å². The van der Waals surface area contributed by atoms with Gasteiger partial charge in [0.25, 0.3) is 0 Å². The molecular weight excluding hydrogens is 231 g/mol. The maximum atomic E-state index is 6.00. The van der Waals surface area contributed by atoms with Gasteiger partial charge in [0, 0.05) is 28.0 Å². The summed E-state index contributed by atoms with van der Waals surface area (Å²) in [5.74, 6) is 0.769. The Bertz CT molecular complexity index is 455. The van der Waals surface area contributed by atoms with Gasteiger partial charge in [0.1, 0.15) is 5.82 Å². The van der Waals surface area contributed by atoms with E-state index in [1.807, 2.05) is 18.2 Å². The summed E-state index contributed by atoms with van der Waals surface area (Å²) in [6.45, 7) is 0. The van der Waals surface area contributed by atoms with E-state index < -0.39 is 0 Å². The highest BCUT2D eigenvalue weighted by Gasteiger charge is 2.00. The van der Waals surface area contributed by atoms with Gasteiger partial charge < -0.3 is 4.98 Å². The number of aromatic nitrogens is 2. The number of halogens is 2. The minimum atomic E-state index is 0.630. The highest BCUT2D eigenvalue weighted by Crippen LogP contribution is 2.25. The van der Waals surface area contributed by atoms with Crippen molar-refractivity contribution in [2.24, 2.45) is 0 Å². The minimum absolute atomic E-state index is 0.630. The van der Waals surface area contributed by atoms with Crippen molar-refractivity contribution in [3.05, 3.63) is 52.0 Å². The van der Waals surface area contributed by atoms with Crippen LogP contribution in [-0.4, -0.2) is 9.97 Å². The predicted octanol–water partition coefficient (Wildman–Crippen LogP) is 3.89. The molecule has 0 aliphatic heterocycles. The van der Waals surface area contributed by atoms with Gasteiger partial charge >= 0.3 is 0 Å². The molecule has 1 heterocycles. The number of benzene rings is 1. The van der Waals surface area contributed by atoms with Crippen LogP contribution in [0.15, 0.2) is 30.6 Å². The van der Waals surface area contributed by atoms with Crippen LogP contribution >= 0.6 is 23.2 Å². The van der Waals surface area contributed by atoms with Crippen molar-refractivity contribution >= 4 is 35.4 Å². The molecular formula is C11H8Cl2N2. The molecule has 0 amide bonds. The van der Waals surface area contributed by atoms with Crippen molar-refractivity contribution in [2.45, 2.75) is 0 Å². The lowest BCUT2D eigenvalue weighted by Crippen LogP contribution is -1.78. The monoisotopic (exact) mass is 238 g/mol. The van der Waals surface area contributed by atoms with Crippen LogP contribution in [0.5, 0.6) is 0 Å². The van der Waals surface area contributed by atoms with E-state index in [1.165, 1.54) is 0 Å². The van der Waals surface area contributed by atoms with Gasteiger partial charge in [-0.3, -0.25) is 0 Å². The second-order valence-electron chi connectivity index (χ2n) is 2.94. The van der Waals surface area contributed by atoms with Crippen LogP contribution in [0.3, 0.4) is 0 Å². The molecule has 1 aromatic carbocycles. The average Bonchev–Trinajstić information content (AvgIpc) is 2.70. The SMILES string of the molecule is Clc1cccc(Cl)c1C=Cc1ncc[nH]1. The Kier molecular flexibility index (Phi) is 3.09. The fourth-order valence-electron chi connectivity index (χ4n) is 1.20. The Balaban J connectivity index is 2.32. The largest absolute Gasteiger partial charge is 0.345 e. The van der Waals surface area contributed by atoms with Gasteiger partial charge in [0.2, 0.25) is 0 Å². The van der Waals surface area contributed by atoms with Gasteiger partial charge in [-0.25, -0.2) is 4.98 Å². The first-order valence-electron chi connectivity index (χ1n) is 4.39. The van der Waals surface area contributed by atoms with Crippen molar-refractivity contribution in [1.29, 1.82) is 0 Å². The molecule has 0 saturated heterocycles. The molecule has 76 valence electrons. The van der Waals surface area contributed by atoms with E-state index in [0.717, 1.165) is 11.4 Å². The van der Waals surface area contributed by atoms with Crippen molar-refractivity contribution in [3.8, 4) is 0 Å². The molecule has 0 aliphatic rings. The zero-order valence-corrected chi connectivity index (χ0v) is 9.26. The number of rotatable bonds is 2. The summed E-state index contributed by atoms with van der Waals surface area (Å²) in [6.07, 6.45) is 7.11. The number of nitrogens with zero attached hydrogens (tertiary/aromatic N) is 1. The van der Waals surface area contributed by atoms with Crippen LogP contribution in [0.1, 0.15) is 11.4 Å². The molecule has 15 heavy (non-hydrogen) atoms. The Labute approximate surface area is 97.6 Å². The molecule has 0 saturated carbocycles. The standard InChI is InChI=1S/C11H8Cl2N2/c12-9-2-1-3-10(13)8(9)4-5-11-14-6-7-15-11/h1-7H,(H,14,15). The van der Waals surface area contributed by atoms with Crippen molar-refractivity contribution < 1.29 is 0 Å². The Morgan fingerprint density at radius 3 is 2.47 bits per heavy atom. The second-order valence-corrected chi connectivity index (χ2v) is 3.76. The number of imidazole rings is 1. The molecule has 0 bridgehead atoms. The molecule has 0 unspecified atom stereocenters. The number of aromatic amines is 1. The van der Waals surface area contributed by atoms with Crippen LogP contribution in [-0.2, 0) is 0 Å². The van der Waals surface area contributed by atoms with Gasteiger partial charge in [-0.1, -0.05) is 29.3 Å². The molecule has 1 aromatic heterocycles. The summed E-state index contributed by atoms with van der Waals surface area (Å²) >= 11 is 12.0. The number of hydrogen-bond acceptors (Lipinski definition) is 1. The molecule has 0 radical (unpaired) electrons. The fraction of sp³-hybridized carbons (Fsp3) is 0. The molecule has 2 rings (SSSR count). The van der Waals surface area contributed by atoms with Gasteiger partial charge in [-0.2, -0.15) is 0 Å². The molecule has 0 fully saturated rings. The van der Waals surface area contributed by atoms with Crippen molar-refractivity contribution in [3.63, 3.8) is 0 Å². The van der Waals surface area contributed by atoms with Crippen LogP contribution in [0.25, 0.3) is 12.2 Å². The topological polar surface area (TPSA) is 28.7 Å². The lowest BCUT2D eigenvalue weighted by atomic mass is 10.2. The summed E-state index contributed by atoms with van der Waals surface area (Å²) in [5.41, 5.74) is 0.803. The van der Waals surface area contributed by atoms with E-state index in [9.17, 15) is 0 Å². The number of nitrogens with one attached hydrogen (secondary N) is 1. The van der Waals surface area contributed by atoms with Crippen molar-refractivity contribution in [1.82, 2.24) is 9.97 Å². The third-order valence-corrected chi connectivity index (χ3v) is 2.59. The van der Waals surface area contributed by atoms with Gasteiger partial charge in [-0.15, -0.1) is 0 Å². The minimum Gasteiger partial charge on any atom is -0.345 e. The van der Waals surface area contributed by atoms with Crippen LogP contribution < -0.4 is 0 Å². The fourth-order valence-corrected chi connectivity index (χ4v) is 1.72. The summed E-state index contributed by atoms with van der Waals surface area (Å²) in [4.78, 5) is 7.02. The van der Waals surface area contributed by atoms with E-state index in [1.54, 1.807) is 24.5 Å². The molecule has 0 atom stereocenters. The second kappa shape index (κ2) is 4.51. The lowest BCUT2D eigenvalue weighted by Gasteiger charge is -1.99. The molecule has 2 aromatic rings. The zero-order chi connectivity index (χ0) is 10.7.